The van der Waals surface area contributed by atoms with Crippen molar-refractivity contribution in [3.8, 4) is 0 Å². The predicted molar refractivity (Wildman–Crippen MR) is 89.1 cm³/mol. The van der Waals surface area contributed by atoms with Crippen molar-refractivity contribution in [2.75, 3.05) is 0 Å². The van der Waals surface area contributed by atoms with Gasteiger partial charge in [0.25, 0.3) is 0 Å². The summed E-state index contributed by atoms with van der Waals surface area (Å²) in [5.41, 5.74) is 7.73. The molecule has 0 aromatic heterocycles. The van der Waals surface area contributed by atoms with E-state index >= 15 is 0 Å². The Hall–Kier alpha value is -0.980. The van der Waals surface area contributed by atoms with Crippen LogP contribution < -0.4 is 0 Å². The van der Waals surface area contributed by atoms with E-state index < -0.39 is 0 Å². The minimum absolute atomic E-state index is 0.00484. The van der Waals surface area contributed by atoms with Crippen molar-refractivity contribution < 1.29 is 0 Å². The molecule has 0 aliphatic heterocycles. The topological polar surface area (TPSA) is 0 Å². The van der Waals surface area contributed by atoms with Gasteiger partial charge in [-0.25, -0.2) is 0 Å². The number of hydrogen-bond donors (Lipinski definition) is 0. The maximum absolute atomic E-state index is 6.70. The first-order valence-electron chi connectivity index (χ1n) is 6.86. The average Bonchev–Trinajstić information content (AvgIpc) is 2.39. The van der Waals surface area contributed by atoms with E-state index in [1.165, 1.54) is 33.4 Å². The number of alkyl halides is 1. The van der Waals surface area contributed by atoms with Gasteiger partial charge in [-0.15, -0.1) is 11.6 Å². The van der Waals surface area contributed by atoms with Crippen molar-refractivity contribution in [2.24, 2.45) is 0 Å². The summed E-state index contributed by atoms with van der Waals surface area (Å²) in [5, 5.41) is 0.758. The van der Waals surface area contributed by atoms with Gasteiger partial charge in [0.15, 0.2) is 0 Å². The van der Waals surface area contributed by atoms with Crippen LogP contribution in [0.3, 0.4) is 0 Å². The van der Waals surface area contributed by atoms with E-state index in [4.69, 9.17) is 23.2 Å². The first kappa shape index (κ1) is 15.4. The molecule has 2 aromatic rings. The van der Waals surface area contributed by atoms with E-state index in [2.05, 4.69) is 33.8 Å². The molecular weight excluding hydrogens is 287 g/mol. The Balaban J connectivity index is 2.34. The summed E-state index contributed by atoms with van der Waals surface area (Å²) in [5.74, 6) is 0. The number of rotatable bonds is 3. The standard InChI is InChI=1S/C18H20Cl2/c1-11-9-12(2)14(4)18(13(11)3)17(20)10-15-5-7-16(19)8-6-15/h5-9,17H,10H2,1-4H3. The maximum Gasteiger partial charge on any atom is 0.0630 e. The highest BCUT2D eigenvalue weighted by molar-refractivity contribution is 6.30. The Morgan fingerprint density at radius 3 is 1.90 bits per heavy atom. The molecule has 2 rings (SSSR count). The van der Waals surface area contributed by atoms with E-state index in [1.54, 1.807) is 0 Å². The van der Waals surface area contributed by atoms with Gasteiger partial charge in [-0.1, -0.05) is 29.8 Å². The van der Waals surface area contributed by atoms with Gasteiger partial charge in [0.1, 0.15) is 0 Å². The summed E-state index contributed by atoms with van der Waals surface area (Å²) >= 11 is 12.6. The van der Waals surface area contributed by atoms with Gasteiger partial charge in [0.05, 0.1) is 5.38 Å². The zero-order valence-corrected chi connectivity index (χ0v) is 13.9. The Morgan fingerprint density at radius 1 is 0.900 bits per heavy atom. The fourth-order valence-electron chi connectivity index (χ4n) is 2.65. The normalized spacial score (nSPS) is 12.5. The average molecular weight is 307 g/mol. The zero-order chi connectivity index (χ0) is 14.9. The van der Waals surface area contributed by atoms with Crippen LogP contribution in [0.5, 0.6) is 0 Å². The minimum atomic E-state index is -0.00484. The lowest BCUT2D eigenvalue weighted by molar-refractivity contribution is 0.892. The number of benzene rings is 2. The molecule has 1 atom stereocenters. The summed E-state index contributed by atoms with van der Waals surface area (Å²) in [6.45, 7) is 8.62. The molecule has 0 aliphatic rings. The van der Waals surface area contributed by atoms with Crippen molar-refractivity contribution in [3.05, 3.63) is 68.7 Å². The van der Waals surface area contributed by atoms with Crippen LogP contribution in [0.15, 0.2) is 30.3 Å². The van der Waals surface area contributed by atoms with E-state index in [1.807, 2.05) is 24.3 Å². The third-order valence-corrected chi connectivity index (χ3v) is 4.69. The van der Waals surface area contributed by atoms with Crippen LogP contribution in [-0.2, 0) is 6.42 Å². The highest BCUT2D eigenvalue weighted by atomic mass is 35.5. The molecule has 0 radical (unpaired) electrons. The van der Waals surface area contributed by atoms with Crippen molar-refractivity contribution >= 4 is 23.2 Å². The monoisotopic (exact) mass is 306 g/mol. The highest BCUT2D eigenvalue weighted by Crippen LogP contribution is 2.33. The van der Waals surface area contributed by atoms with Gasteiger partial charge in [-0.3, -0.25) is 0 Å². The van der Waals surface area contributed by atoms with E-state index in [0.717, 1.165) is 11.4 Å². The number of hydrogen-bond acceptors (Lipinski definition) is 0. The van der Waals surface area contributed by atoms with Gasteiger partial charge in [0.2, 0.25) is 0 Å². The van der Waals surface area contributed by atoms with Crippen LogP contribution in [0.25, 0.3) is 0 Å². The van der Waals surface area contributed by atoms with Crippen molar-refractivity contribution in [2.45, 2.75) is 39.5 Å². The molecule has 106 valence electrons. The van der Waals surface area contributed by atoms with Crippen LogP contribution in [0.4, 0.5) is 0 Å². The summed E-state index contributed by atoms with van der Waals surface area (Å²) in [6.07, 6.45) is 0.823. The lowest BCUT2D eigenvalue weighted by Gasteiger charge is -2.20. The minimum Gasteiger partial charge on any atom is -0.117 e. The Labute approximate surface area is 131 Å². The van der Waals surface area contributed by atoms with Crippen LogP contribution in [0.2, 0.25) is 5.02 Å². The van der Waals surface area contributed by atoms with Crippen LogP contribution in [0, 0.1) is 27.7 Å². The molecule has 0 fully saturated rings. The quantitative estimate of drug-likeness (QED) is 0.601. The summed E-state index contributed by atoms with van der Waals surface area (Å²) in [4.78, 5) is 0. The molecule has 2 heteroatoms. The molecule has 0 bridgehead atoms. The van der Waals surface area contributed by atoms with E-state index in [0.29, 0.717) is 0 Å². The van der Waals surface area contributed by atoms with Gasteiger partial charge in [-0.05, 0) is 79.6 Å². The van der Waals surface area contributed by atoms with Gasteiger partial charge < -0.3 is 0 Å². The van der Waals surface area contributed by atoms with Gasteiger partial charge in [0, 0.05) is 5.02 Å². The molecule has 0 aliphatic carbocycles. The second-order valence-electron chi connectivity index (χ2n) is 5.47. The molecule has 0 saturated carbocycles. The SMILES string of the molecule is Cc1cc(C)c(C)c(C(Cl)Cc2ccc(Cl)cc2)c1C. The zero-order valence-electron chi connectivity index (χ0n) is 12.4. The summed E-state index contributed by atoms with van der Waals surface area (Å²) < 4.78 is 0. The van der Waals surface area contributed by atoms with Crippen LogP contribution in [0.1, 0.15) is 38.8 Å². The molecule has 2 aromatic carbocycles. The highest BCUT2D eigenvalue weighted by Gasteiger charge is 2.17. The number of aryl methyl sites for hydroxylation is 2. The number of halogens is 2. The molecule has 0 saturated heterocycles. The maximum atomic E-state index is 6.70. The molecular formula is C18H20Cl2. The molecule has 0 heterocycles. The predicted octanol–water partition coefficient (Wildman–Crippen LogP) is 6.10. The molecule has 0 spiro atoms. The Bertz CT molecular complexity index is 586. The second kappa shape index (κ2) is 6.20. The van der Waals surface area contributed by atoms with Gasteiger partial charge in [-0.2, -0.15) is 0 Å². The summed E-state index contributed by atoms with van der Waals surface area (Å²) in [6, 6.07) is 10.2. The largest absolute Gasteiger partial charge is 0.117 e. The third kappa shape index (κ3) is 3.19. The fraction of sp³-hybridized carbons (Fsp3) is 0.333. The summed E-state index contributed by atoms with van der Waals surface area (Å²) in [7, 11) is 0. The first-order valence-corrected chi connectivity index (χ1v) is 7.67. The van der Waals surface area contributed by atoms with Gasteiger partial charge >= 0.3 is 0 Å². The smallest absolute Gasteiger partial charge is 0.0630 e. The Morgan fingerprint density at radius 2 is 1.40 bits per heavy atom. The first-order chi connectivity index (χ1) is 9.40. The van der Waals surface area contributed by atoms with E-state index in [9.17, 15) is 0 Å². The van der Waals surface area contributed by atoms with Crippen molar-refractivity contribution in [3.63, 3.8) is 0 Å². The molecule has 1 unspecified atom stereocenters. The van der Waals surface area contributed by atoms with E-state index in [-0.39, 0.29) is 5.38 Å². The molecule has 0 nitrogen and oxygen atoms in total. The third-order valence-electron chi connectivity index (χ3n) is 4.07. The second-order valence-corrected chi connectivity index (χ2v) is 6.44. The molecule has 20 heavy (non-hydrogen) atoms. The Kier molecular flexibility index (Phi) is 4.78. The van der Waals surface area contributed by atoms with Crippen LogP contribution in [-0.4, -0.2) is 0 Å². The fourth-order valence-corrected chi connectivity index (χ4v) is 3.28. The molecule has 0 N–H and O–H groups in total. The van der Waals surface area contributed by atoms with Crippen LogP contribution >= 0.6 is 23.2 Å². The molecule has 0 amide bonds. The van der Waals surface area contributed by atoms with Crippen molar-refractivity contribution in [1.29, 1.82) is 0 Å². The lowest BCUT2D eigenvalue weighted by Crippen LogP contribution is -2.04. The lowest BCUT2D eigenvalue weighted by atomic mass is 9.90. The van der Waals surface area contributed by atoms with Crippen molar-refractivity contribution in [1.82, 2.24) is 0 Å².